The Labute approximate surface area is 129 Å². The number of benzene rings is 1. The van der Waals surface area contributed by atoms with Gasteiger partial charge in [-0.05, 0) is 62.4 Å². The van der Waals surface area contributed by atoms with Crippen molar-refractivity contribution in [3.63, 3.8) is 0 Å². The van der Waals surface area contributed by atoms with Crippen molar-refractivity contribution in [1.29, 1.82) is 0 Å². The molecule has 0 spiro atoms. The van der Waals surface area contributed by atoms with Crippen LogP contribution in [0.3, 0.4) is 0 Å². The smallest absolute Gasteiger partial charge is 0.120 e. The lowest BCUT2D eigenvalue weighted by molar-refractivity contribution is 0.0506. The molecule has 0 aromatic heterocycles. The minimum atomic E-state index is 0.244. The highest BCUT2D eigenvalue weighted by Gasteiger charge is 2.34. The van der Waals surface area contributed by atoms with Gasteiger partial charge in [-0.2, -0.15) is 0 Å². The Morgan fingerprint density at radius 1 is 1.10 bits per heavy atom. The van der Waals surface area contributed by atoms with Crippen LogP contribution in [0.5, 0.6) is 11.5 Å². The second kappa shape index (κ2) is 7.69. The molecule has 1 fully saturated rings. The fourth-order valence-corrected chi connectivity index (χ4v) is 3.30. The number of ether oxygens (including phenoxy) is 2. The minimum absolute atomic E-state index is 0.244. The maximum atomic E-state index is 6.26. The lowest BCUT2D eigenvalue weighted by Gasteiger charge is -2.39. The molecule has 2 rings (SSSR count). The summed E-state index contributed by atoms with van der Waals surface area (Å²) < 4.78 is 11.9. The van der Waals surface area contributed by atoms with Gasteiger partial charge in [0.25, 0.3) is 0 Å². The van der Waals surface area contributed by atoms with Gasteiger partial charge in [0.15, 0.2) is 0 Å². The molecule has 0 aliphatic heterocycles. The van der Waals surface area contributed by atoms with Gasteiger partial charge >= 0.3 is 0 Å². The van der Waals surface area contributed by atoms with E-state index in [-0.39, 0.29) is 6.10 Å². The molecule has 0 saturated heterocycles. The van der Waals surface area contributed by atoms with E-state index in [0.29, 0.717) is 12.0 Å². The third-order valence-corrected chi connectivity index (χ3v) is 4.33. The summed E-state index contributed by atoms with van der Waals surface area (Å²) in [4.78, 5) is 0. The molecule has 0 radical (unpaired) electrons. The lowest BCUT2D eigenvalue weighted by Crippen LogP contribution is -2.49. The Morgan fingerprint density at radius 3 is 2.38 bits per heavy atom. The van der Waals surface area contributed by atoms with Crippen molar-refractivity contribution < 1.29 is 9.47 Å². The molecule has 1 aromatic rings. The van der Waals surface area contributed by atoms with Crippen LogP contribution in [0.2, 0.25) is 0 Å². The van der Waals surface area contributed by atoms with Crippen molar-refractivity contribution in [1.82, 2.24) is 5.32 Å². The summed E-state index contributed by atoms with van der Waals surface area (Å²) >= 11 is 0. The van der Waals surface area contributed by atoms with Gasteiger partial charge in [0.1, 0.15) is 17.6 Å². The predicted molar refractivity (Wildman–Crippen MR) is 87.1 cm³/mol. The van der Waals surface area contributed by atoms with Gasteiger partial charge < -0.3 is 14.8 Å². The first-order chi connectivity index (χ1) is 10.1. The highest BCUT2D eigenvalue weighted by atomic mass is 16.5. The fourth-order valence-electron chi connectivity index (χ4n) is 3.30. The summed E-state index contributed by atoms with van der Waals surface area (Å²) in [6.45, 7) is 7.50. The molecule has 0 bridgehead atoms. The average Bonchev–Trinajstić information content (AvgIpc) is 2.48. The first-order valence-corrected chi connectivity index (χ1v) is 8.20. The Kier molecular flexibility index (Phi) is 5.92. The number of nitrogens with one attached hydrogen (secondary N) is 1. The standard InChI is InChI=1S/C18H29NO2/c1-5-10-20-15-6-8-16(9-7-15)21-18-14(3)11-13(2)12-17(18)19-4/h6-9,13-14,17-19H,5,10-12H2,1-4H3. The average molecular weight is 291 g/mol. The van der Waals surface area contributed by atoms with Crippen LogP contribution >= 0.6 is 0 Å². The first-order valence-electron chi connectivity index (χ1n) is 8.20. The molecule has 1 saturated carbocycles. The molecule has 1 aromatic carbocycles. The fraction of sp³-hybridized carbons (Fsp3) is 0.667. The monoisotopic (exact) mass is 291 g/mol. The van der Waals surface area contributed by atoms with Crippen molar-refractivity contribution in [2.75, 3.05) is 13.7 Å². The van der Waals surface area contributed by atoms with Gasteiger partial charge in [-0.25, -0.2) is 0 Å². The van der Waals surface area contributed by atoms with E-state index in [1.54, 1.807) is 0 Å². The van der Waals surface area contributed by atoms with E-state index in [0.717, 1.165) is 30.4 Å². The second-order valence-electron chi connectivity index (χ2n) is 6.35. The topological polar surface area (TPSA) is 30.5 Å². The summed E-state index contributed by atoms with van der Waals surface area (Å²) in [5, 5.41) is 3.42. The number of hydrogen-bond donors (Lipinski definition) is 1. The molecular formula is C18H29NO2. The van der Waals surface area contributed by atoms with Crippen molar-refractivity contribution in [2.45, 2.75) is 52.2 Å². The summed E-state index contributed by atoms with van der Waals surface area (Å²) in [5.41, 5.74) is 0. The molecular weight excluding hydrogens is 262 g/mol. The molecule has 3 nitrogen and oxygen atoms in total. The van der Waals surface area contributed by atoms with Gasteiger partial charge in [0.05, 0.1) is 6.61 Å². The summed E-state index contributed by atoms with van der Waals surface area (Å²) in [7, 11) is 2.04. The van der Waals surface area contributed by atoms with Crippen LogP contribution < -0.4 is 14.8 Å². The third kappa shape index (κ3) is 4.37. The van der Waals surface area contributed by atoms with Crippen molar-refractivity contribution in [3.05, 3.63) is 24.3 Å². The van der Waals surface area contributed by atoms with Crippen LogP contribution in [0.15, 0.2) is 24.3 Å². The zero-order chi connectivity index (χ0) is 15.2. The molecule has 0 amide bonds. The summed E-state index contributed by atoms with van der Waals surface area (Å²) in [5.74, 6) is 3.19. The SMILES string of the molecule is CCCOc1ccc(OC2C(C)CC(C)CC2NC)cc1. The molecule has 4 unspecified atom stereocenters. The minimum Gasteiger partial charge on any atom is -0.494 e. The molecule has 3 heteroatoms. The van der Waals surface area contributed by atoms with E-state index in [9.17, 15) is 0 Å². The normalized spacial score (nSPS) is 29.1. The number of rotatable bonds is 6. The van der Waals surface area contributed by atoms with E-state index < -0.39 is 0 Å². The second-order valence-corrected chi connectivity index (χ2v) is 6.35. The molecule has 1 aliphatic carbocycles. The zero-order valence-corrected chi connectivity index (χ0v) is 13.8. The molecule has 0 heterocycles. The van der Waals surface area contributed by atoms with Crippen LogP contribution in [0.4, 0.5) is 0 Å². The molecule has 4 atom stereocenters. The number of hydrogen-bond acceptors (Lipinski definition) is 3. The van der Waals surface area contributed by atoms with Crippen molar-refractivity contribution in [2.24, 2.45) is 11.8 Å². The summed E-state index contributed by atoms with van der Waals surface area (Å²) in [6.07, 6.45) is 3.69. The Hall–Kier alpha value is -1.22. The Morgan fingerprint density at radius 2 is 1.76 bits per heavy atom. The molecule has 1 aliphatic rings. The van der Waals surface area contributed by atoms with Crippen LogP contribution in [0.25, 0.3) is 0 Å². The van der Waals surface area contributed by atoms with Crippen LogP contribution in [-0.4, -0.2) is 25.8 Å². The van der Waals surface area contributed by atoms with Gasteiger partial charge in [0.2, 0.25) is 0 Å². The Bertz CT molecular complexity index is 418. The molecule has 21 heavy (non-hydrogen) atoms. The molecule has 118 valence electrons. The van der Waals surface area contributed by atoms with Crippen LogP contribution in [0, 0.1) is 11.8 Å². The maximum Gasteiger partial charge on any atom is 0.120 e. The highest BCUT2D eigenvalue weighted by Crippen LogP contribution is 2.32. The quantitative estimate of drug-likeness (QED) is 0.863. The number of likely N-dealkylation sites (N-methyl/N-ethyl adjacent to an activating group) is 1. The van der Waals surface area contributed by atoms with Crippen molar-refractivity contribution in [3.8, 4) is 11.5 Å². The van der Waals surface area contributed by atoms with E-state index in [1.807, 2.05) is 31.3 Å². The van der Waals surface area contributed by atoms with E-state index in [4.69, 9.17) is 9.47 Å². The Balaban J connectivity index is 1.99. The van der Waals surface area contributed by atoms with E-state index in [2.05, 4.69) is 26.1 Å². The predicted octanol–water partition coefficient (Wildman–Crippen LogP) is 3.88. The van der Waals surface area contributed by atoms with Crippen molar-refractivity contribution >= 4 is 0 Å². The molecule has 1 N–H and O–H groups in total. The first kappa shape index (κ1) is 16.2. The van der Waals surface area contributed by atoms with Crippen LogP contribution in [-0.2, 0) is 0 Å². The van der Waals surface area contributed by atoms with Gasteiger partial charge in [-0.1, -0.05) is 20.8 Å². The third-order valence-electron chi connectivity index (χ3n) is 4.33. The largest absolute Gasteiger partial charge is 0.494 e. The summed E-state index contributed by atoms with van der Waals surface area (Å²) in [6, 6.07) is 8.45. The zero-order valence-electron chi connectivity index (χ0n) is 13.8. The van der Waals surface area contributed by atoms with Crippen LogP contribution in [0.1, 0.15) is 40.0 Å². The van der Waals surface area contributed by atoms with Gasteiger partial charge in [-0.15, -0.1) is 0 Å². The van der Waals surface area contributed by atoms with Gasteiger partial charge in [-0.3, -0.25) is 0 Å². The highest BCUT2D eigenvalue weighted by molar-refractivity contribution is 5.31. The van der Waals surface area contributed by atoms with E-state index >= 15 is 0 Å². The van der Waals surface area contributed by atoms with E-state index in [1.165, 1.54) is 12.8 Å². The maximum absolute atomic E-state index is 6.26. The van der Waals surface area contributed by atoms with Gasteiger partial charge in [0, 0.05) is 6.04 Å². The lowest BCUT2D eigenvalue weighted by atomic mass is 9.78.